The molecule has 7 heteroatoms. The molecule has 0 unspecified atom stereocenters. The Morgan fingerprint density at radius 1 is 1.05 bits per heavy atom. The summed E-state index contributed by atoms with van der Waals surface area (Å²) in [7, 11) is -3.74. The first-order chi connectivity index (χ1) is 8.90. The van der Waals surface area contributed by atoms with Crippen LogP contribution in [0.3, 0.4) is 0 Å². The Bertz CT molecular complexity index is 699. The molecule has 0 radical (unpaired) electrons. The maximum atomic E-state index is 12.3. The minimum absolute atomic E-state index is 0.0247. The lowest BCUT2D eigenvalue weighted by atomic mass is 10.3. The number of nitrogens with one attached hydrogen (secondary N) is 1. The van der Waals surface area contributed by atoms with E-state index in [1.807, 2.05) is 6.07 Å². The maximum absolute atomic E-state index is 12.3. The predicted octanol–water partition coefficient (Wildman–Crippen LogP) is 4.67. The van der Waals surface area contributed by atoms with E-state index >= 15 is 0 Å². The summed E-state index contributed by atoms with van der Waals surface area (Å²) in [4.78, 5) is 0.0247. The van der Waals surface area contributed by atoms with Gasteiger partial charge in [-0.1, -0.05) is 39.7 Å². The van der Waals surface area contributed by atoms with Crippen LogP contribution in [0.25, 0.3) is 0 Å². The zero-order valence-electron chi connectivity index (χ0n) is 9.40. The van der Waals surface area contributed by atoms with E-state index in [4.69, 9.17) is 11.6 Å². The summed E-state index contributed by atoms with van der Waals surface area (Å²) in [5.41, 5.74) is 0.459. The third kappa shape index (κ3) is 3.51. The molecule has 19 heavy (non-hydrogen) atoms. The third-order valence-corrected chi connectivity index (χ3v) is 5.59. The van der Waals surface area contributed by atoms with E-state index in [1.54, 1.807) is 30.3 Å². The van der Waals surface area contributed by atoms with Gasteiger partial charge in [0.1, 0.15) is 4.90 Å². The van der Waals surface area contributed by atoms with E-state index in [2.05, 4.69) is 36.6 Å². The van der Waals surface area contributed by atoms with Crippen molar-refractivity contribution in [3.05, 3.63) is 56.4 Å². The van der Waals surface area contributed by atoms with Gasteiger partial charge in [0.05, 0.1) is 5.02 Å². The molecule has 100 valence electrons. The fourth-order valence-electron chi connectivity index (χ4n) is 1.50. The van der Waals surface area contributed by atoms with Crippen molar-refractivity contribution in [2.24, 2.45) is 0 Å². The second-order valence-electron chi connectivity index (χ2n) is 3.67. The van der Waals surface area contributed by atoms with Crippen molar-refractivity contribution in [3.8, 4) is 0 Å². The molecule has 0 atom stereocenters. The highest BCUT2D eigenvalue weighted by Gasteiger charge is 2.21. The summed E-state index contributed by atoms with van der Waals surface area (Å²) in [6, 6.07) is 11.7. The summed E-state index contributed by atoms with van der Waals surface area (Å²) in [5, 5.41) is 0.164. The Balaban J connectivity index is 2.44. The van der Waals surface area contributed by atoms with Crippen LogP contribution in [0.1, 0.15) is 0 Å². The number of benzene rings is 2. The lowest BCUT2D eigenvalue weighted by molar-refractivity contribution is 0.601. The Labute approximate surface area is 133 Å². The third-order valence-electron chi connectivity index (χ3n) is 2.26. The van der Waals surface area contributed by atoms with Gasteiger partial charge in [-0.15, -0.1) is 0 Å². The lowest BCUT2D eigenvalue weighted by Crippen LogP contribution is -2.14. The average Bonchev–Trinajstić information content (AvgIpc) is 2.27. The number of sulfonamides is 1. The molecular weight excluding hydrogens is 417 g/mol. The second kappa shape index (κ2) is 5.83. The molecule has 0 aliphatic carbocycles. The Morgan fingerprint density at radius 3 is 2.37 bits per heavy atom. The zero-order valence-corrected chi connectivity index (χ0v) is 14.1. The minimum Gasteiger partial charge on any atom is -0.280 e. The highest BCUT2D eigenvalue weighted by Crippen LogP contribution is 2.31. The van der Waals surface area contributed by atoms with E-state index in [1.165, 1.54) is 6.07 Å². The fourth-order valence-corrected chi connectivity index (χ4v) is 4.68. The number of hydrogen-bond donors (Lipinski definition) is 1. The number of rotatable bonds is 3. The molecule has 0 aromatic heterocycles. The first kappa shape index (κ1) is 14.8. The Kier molecular flexibility index (Phi) is 4.55. The largest absolute Gasteiger partial charge is 0.280 e. The summed E-state index contributed by atoms with van der Waals surface area (Å²) in [6.07, 6.45) is 0. The van der Waals surface area contributed by atoms with Crippen LogP contribution in [-0.4, -0.2) is 8.42 Å². The van der Waals surface area contributed by atoms with Gasteiger partial charge < -0.3 is 0 Å². The van der Waals surface area contributed by atoms with Crippen molar-refractivity contribution in [1.29, 1.82) is 0 Å². The van der Waals surface area contributed by atoms with Crippen molar-refractivity contribution >= 4 is 59.2 Å². The Morgan fingerprint density at radius 2 is 1.74 bits per heavy atom. The predicted molar refractivity (Wildman–Crippen MR) is 84.1 cm³/mol. The summed E-state index contributed by atoms with van der Waals surface area (Å²) < 4.78 is 28.3. The highest BCUT2D eigenvalue weighted by atomic mass is 79.9. The van der Waals surface area contributed by atoms with Crippen molar-refractivity contribution < 1.29 is 8.42 Å². The van der Waals surface area contributed by atoms with E-state index in [0.29, 0.717) is 10.2 Å². The second-order valence-corrected chi connectivity index (χ2v) is 7.46. The van der Waals surface area contributed by atoms with Crippen LogP contribution < -0.4 is 4.72 Å². The summed E-state index contributed by atoms with van der Waals surface area (Å²) in [5.74, 6) is 0. The molecule has 0 saturated carbocycles. The minimum atomic E-state index is -3.74. The van der Waals surface area contributed by atoms with Crippen LogP contribution in [0.4, 0.5) is 5.69 Å². The van der Waals surface area contributed by atoms with Gasteiger partial charge >= 0.3 is 0 Å². The molecule has 0 fully saturated rings. The van der Waals surface area contributed by atoms with E-state index in [9.17, 15) is 8.42 Å². The summed E-state index contributed by atoms with van der Waals surface area (Å²) >= 11 is 12.4. The average molecular weight is 426 g/mol. The smallest absolute Gasteiger partial charge is 0.264 e. The number of halogens is 3. The van der Waals surface area contributed by atoms with Crippen molar-refractivity contribution in [2.45, 2.75) is 4.90 Å². The van der Waals surface area contributed by atoms with Gasteiger partial charge in [0.25, 0.3) is 10.0 Å². The molecule has 0 bridgehead atoms. The van der Waals surface area contributed by atoms with Crippen molar-refractivity contribution in [3.63, 3.8) is 0 Å². The topological polar surface area (TPSA) is 46.2 Å². The highest BCUT2D eigenvalue weighted by molar-refractivity contribution is 9.10. The van der Waals surface area contributed by atoms with Crippen LogP contribution in [0.5, 0.6) is 0 Å². The molecule has 0 saturated heterocycles. The van der Waals surface area contributed by atoms with Gasteiger partial charge in [0.2, 0.25) is 0 Å². The van der Waals surface area contributed by atoms with Gasteiger partial charge in [-0.3, -0.25) is 4.72 Å². The SMILES string of the molecule is O=S(=O)(Nc1cccc(Br)c1)c1c(Cl)cccc1Br. The van der Waals surface area contributed by atoms with E-state index in [-0.39, 0.29) is 9.92 Å². The molecule has 1 N–H and O–H groups in total. The first-order valence-electron chi connectivity index (χ1n) is 5.12. The van der Waals surface area contributed by atoms with Crippen LogP contribution in [-0.2, 0) is 10.0 Å². The molecule has 0 heterocycles. The van der Waals surface area contributed by atoms with Gasteiger partial charge in [-0.05, 0) is 46.3 Å². The number of hydrogen-bond acceptors (Lipinski definition) is 2. The van der Waals surface area contributed by atoms with Gasteiger partial charge in [0.15, 0.2) is 0 Å². The monoisotopic (exact) mass is 423 g/mol. The van der Waals surface area contributed by atoms with Crippen LogP contribution >= 0.6 is 43.5 Å². The van der Waals surface area contributed by atoms with Crippen molar-refractivity contribution in [2.75, 3.05) is 4.72 Å². The van der Waals surface area contributed by atoms with E-state index in [0.717, 1.165) is 4.47 Å². The van der Waals surface area contributed by atoms with Crippen LogP contribution in [0.15, 0.2) is 56.3 Å². The molecule has 0 aliphatic rings. The Hall–Kier alpha value is -0.560. The first-order valence-corrected chi connectivity index (χ1v) is 8.57. The maximum Gasteiger partial charge on any atom is 0.264 e. The lowest BCUT2D eigenvalue weighted by Gasteiger charge is -2.11. The molecule has 2 rings (SSSR count). The summed E-state index contributed by atoms with van der Waals surface area (Å²) in [6.45, 7) is 0. The molecule has 0 amide bonds. The van der Waals surface area contributed by atoms with Crippen molar-refractivity contribution in [1.82, 2.24) is 0 Å². The quantitative estimate of drug-likeness (QED) is 0.777. The van der Waals surface area contributed by atoms with E-state index < -0.39 is 10.0 Å². The van der Waals surface area contributed by atoms with Crippen LogP contribution in [0, 0.1) is 0 Å². The molecular formula is C12H8Br2ClNO2S. The van der Waals surface area contributed by atoms with Gasteiger partial charge in [-0.2, -0.15) is 0 Å². The van der Waals surface area contributed by atoms with Crippen LogP contribution in [0.2, 0.25) is 5.02 Å². The fraction of sp³-hybridized carbons (Fsp3) is 0. The molecule has 2 aromatic rings. The molecule has 0 aliphatic heterocycles. The van der Waals surface area contributed by atoms with Gasteiger partial charge in [-0.25, -0.2) is 8.42 Å². The normalized spacial score (nSPS) is 11.3. The molecule has 2 aromatic carbocycles. The zero-order chi connectivity index (χ0) is 14.0. The molecule has 0 spiro atoms. The number of anilines is 1. The van der Waals surface area contributed by atoms with Gasteiger partial charge in [0, 0.05) is 14.6 Å². The standard InChI is InChI=1S/C12H8Br2ClNO2S/c13-8-3-1-4-9(7-8)16-19(17,18)12-10(14)5-2-6-11(12)15/h1-7,16H. The molecule has 3 nitrogen and oxygen atoms in total.